The minimum absolute atomic E-state index is 0.116. The number of carbonyl (C=O) groups is 2. The molecule has 1 aliphatic rings. The maximum Gasteiger partial charge on any atom is 0.271 e. The Morgan fingerprint density at radius 1 is 0.388 bits per heavy atom. The Morgan fingerprint density at radius 2 is 0.613 bits per heavy atom. The van der Waals surface area contributed by atoms with Gasteiger partial charge >= 0.3 is 0 Å². The predicted molar refractivity (Wildman–Crippen MR) is 317 cm³/mol. The molecular formula is C68H74N6O6. The van der Waals surface area contributed by atoms with Gasteiger partial charge in [0, 0.05) is 50.5 Å². The Kier molecular flexibility index (Phi) is 15.8. The Morgan fingerprint density at radius 3 is 0.812 bits per heavy atom. The largest absolute Gasteiger partial charge is 0.507 e. The van der Waals surface area contributed by atoms with Gasteiger partial charge in [0.05, 0.1) is 0 Å². The highest BCUT2D eigenvalue weighted by Crippen LogP contribution is 2.44. The molecule has 0 saturated carbocycles. The van der Waals surface area contributed by atoms with E-state index in [-0.39, 0.29) is 72.1 Å². The fourth-order valence-electron chi connectivity index (χ4n) is 10.1. The smallest absolute Gasteiger partial charge is 0.271 e. The lowest BCUT2D eigenvalue weighted by molar-refractivity contribution is -0.120. The molecule has 0 radical (unpaired) electrons. The van der Waals surface area contributed by atoms with Crippen LogP contribution < -0.4 is 19.3 Å². The van der Waals surface area contributed by atoms with E-state index in [2.05, 4.69) is 152 Å². The molecule has 4 aromatic carbocycles. The molecule has 0 atom stereocenters. The van der Waals surface area contributed by atoms with E-state index in [9.17, 15) is 19.8 Å². The molecule has 9 rings (SSSR count). The number of aromatic nitrogens is 4. The van der Waals surface area contributed by atoms with Crippen LogP contribution in [-0.2, 0) is 56.9 Å². The topological polar surface area (TPSA) is 151 Å². The van der Waals surface area contributed by atoms with E-state index < -0.39 is 11.8 Å². The number of benzene rings is 4. The number of amides is 2. The molecule has 0 aliphatic heterocycles. The summed E-state index contributed by atoms with van der Waals surface area (Å²) >= 11 is 0. The SMILES string of the molecule is CC(C)(C)c1cc2c(O)c(c1)Cc1cc(C(C)(C)C)cc(c1OCC(=O)N(c1ccccn1)c1ccccn1)Cc1cc(C(C)(C)C)cc(c1O)Cc1cc(C(C)(C)C)cc(c1OCC(=O)N(c1ccccn1)c1ccccn1)C2. The zero-order valence-corrected chi connectivity index (χ0v) is 48.3. The maximum absolute atomic E-state index is 14.8. The van der Waals surface area contributed by atoms with Crippen molar-refractivity contribution in [1.29, 1.82) is 0 Å². The number of hydrogen-bond donors (Lipinski definition) is 2. The second kappa shape index (κ2) is 22.4. The molecule has 2 amide bonds. The predicted octanol–water partition coefficient (Wildman–Crippen LogP) is 14.0. The summed E-state index contributed by atoms with van der Waals surface area (Å²) in [6.07, 6.45) is 7.46. The fourth-order valence-corrected chi connectivity index (χ4v) is 10.1. The average molecular weight is 1070 g/mol. The van der Waals surface area contributed by atoms with Crippen molar-refractivity contribution >= 4 is 35.1 Å². The van der Waals surface area contributed by atoms with Gasteiger partial charge in [0.25, 0.3) is 11.8 Å². The monoisotopic (exact) mass is 1070 g/mol. The highest BCUT2D eigenvalue weighted by Gasteiger charge is 2.31. The molecule has 12 nitrogen and oxygen atoms in total. The number of phenolic OH excluding ortho intramolecular Hbond substituents is 2. The molecule has 0 fully saturated rings. The summed E-state index contributed by atoms with van der Waals surface area (Å²) in [6.45, 7) is 25.2. The van der Waals surface area contributed by atoms with E-state index in [0.29, 0.717) is 57.0 Å². The number of rotatable bonds is 10. The quantitative estimate of drug-likeness (QED) is 0.135. The van der Waals surface area contributed by atoms with Crippen LogP contribution in [0.15, 0.2) is 146 Å². The molecule has 1 aliphatic carbocycles. The number of fused-ring (bicyclic) bond motifs is 8. The van der Waals surface area contributed by atoms with Crippen LogP contribution in [0.1, 0.15) is 150 Å². The minimum atomic E-state index is -0.391. The first kappa shape index (κ1) is 56.3. The van der Waals surface area contributed by atoms with Crippen LogP contribution >= 0.6 is 0 Å². The Balaban J connectivity index is 1.26. The van der Waals surface area contributed by atoms with Gasteiger partial charge in [-0.15, -0.1) is 0 Å². The number of aromatic hydroxyl groups is 2. The molecule has 0 saturated heterocycles. The summed E-state index contributed by atoms with van der Waals surface area (Å²) in [5.41, 5.74) is 8.41. The van der Waals surface area contributed by atoms with Crippen LogP contribution in [0, 0.1) is 0 Å². The normalized spacial score (nSPS) is 12.8. The lowest BCUT2D eigenvalue weighted by Crippen LogP contribution is -2.32. The number of carbonyl (C=O) groups excluding carboxylic acids is 2. The highest BCUT2D eigenvalue weighted by molar-refractivity contribution is 6.00. The van der Waals surface area contributed by atoms with Crippen LogP contribution in [0.3, 0.4) is 0 Å². The summed E-state index contributed by atoms with van der Waals surface area (Å²) in [5, 5.41) is 25.8. The Bertz CT molecular complexity index is 3130. The summed E-state index contributed by atoms with van der Waals surface area (Å²) in [5.74, 6) is 2.00. The zero-order valence-electron chi connectivity index (χ0n) is 48.3. The number of phenols is 2. The lowest BCUT2D eigenvalue weighted by Gasteiger charge is -2.28. The highest BCUT2D eigenvalue weighted by atomic mass is 16.5. The van der Waals surface area contributed by atoms with Crippen molar-refractivity contribution in [1.82, 2.24) is 19.9 Å². The average Bonchev–Trinajstić information content (AvgIpc) is 3.40. The van der Waals surface area contributed by atoms with Gasteiger partial charge in [-0.1, -0.05) is 156 Å². The number of ether oxygens (including phenoxy) is 2. The molecule has 0 unspecified atom stereocenters. The second-order valence-electron chi connectivity index (χ2n) is 25.0. The van der Waals surface area contributed by atoms with Gasteiger partial charge in [-0.05, 0) is 137 Å². The number of anilines is 4. The van der Waals surface area contributed by atoms with E-state index in [1.54, 1.807) is 73.3 Å². The lowest BCUT2D eigenvalue weighted by atomic mass is 9.79. The molecule has 8 aromatic rings. The van der Waals surface area contributed by atoms with Crippen LogP contribution in [0.25, 0.3) is 0 Å². The summed E-state index contributed by atoms with van der Waals surface area (Å²) in [6, 6.07) is 38.3. The van der Waals surface area contributed by atoms with Crippen molar-refractivity contribution in [3.8, 4) is 23.0 Å². The molecule has 8 bridgehead atoms. The van der Waals surface area contributed by atoms with Gasteiger partial charge in [0.2, 0.25) is 0 Å². The zero-order chi connectivity index (χ0) is 57.3. The summed E-state index contributed by atoms with van der Waals surface area (Å²) in [7, 11) is 0. The molecule has 4 aromatic heterocycles. The number of nitrogens with zero attached hydrogens (tertiary/aromatic N) is 6. The van der Waals surface area contributed by atoms with Crippen molar-refractivity contribution in [2.24, 2.45) is 0 Å². The molecule has 412 valence electrons. The van der Waals surface area contributed by atoms with E-state index in [1.807, 2.05) is 24.3 Å². The molecule has 0 spiro atoms. The standard InChI is InChI=1S/C68H74N6O6/c1-65(2,3)51-33-43-29-47-37-53(67(7,8)9)39-49(63(47)79-41-59(75)73(55-21-13-17-25-69-55)56-22-14-18-26-70-56)31-45-35-52(66(4,5)6)36-46(62(45)78)32-50-40-54(68(10,11)12)38-48(30-44(34-51)61(43)77)64(50)80-42-60(76)74(57-23-15-19-27-71-57)58-24-16-20-28-72-58/h13-28,33-40,77-78H,29-32,41-42H2,1-12H3. The maximum atomic E-state index is 14.8. The van der Waals surface area contributed by atoms with E-state index in [1.165, 1.54) is 9.80 Å². The third kappa shape index (κ3) is 12.6. The first-order chi connectivity index (χ1) is 37.8. The Hall–Kier alpha value is -8.38. The van der Waals surface area contributed by atoms with Crippen LogP contribution in [0.2, 0.25) is 0 Å². The van der Waals surface area contributed by atoms with Crippen LogP contribution in [0.5, 0.6) is 23.0 Å². The third-order valence-electron chi connectivity index (χ3n) is 14.7. The van der Waals surface area contributed by atoms with E-state index in [0.717, 1.165) is 44.5 Å². The third-order valence-corrected chi connectivity index (χ3v) is 14.7. The summed E-state index contributed by atoms with van der Waals surface area (Å²) < 4.78 is 13.9. The van der Waals surface area contributed by atoms with E-state index in [4.69, 9.17) is 9.47 Å². The van der Waals surface area contributed by atoms with Crippen LogP contribution in [-0.4, -0.2) is 55.2 Å². The van der Waals surface area contributed by atoms with Crippen LogP contribution in [0.4, 0.5) is 23.3 Å². The summed E-state index contributed by atoms with van der Waals surface area (Å²) in [4.78, 5) is 50.6. The van der Waals surface area contributed by atoms with Gasteiger partial charge in [-0.2, -0.15) is 0 Å². The minimum Gasteiger partial charge on any atom is -0.507 e. The van der Waals surface area contributed by atoms with Gasteiger partial charge in [-0.3, -0.25) is 9.59 Å². The molecule has 80 heavy (non-hydrogen) atoms. The molecule has 12 heteroatoms. The van der Waals surface area contributed by atoms with Crippen molar-refractivity contribution < 1.29 is 29.3 Å². The number of hydrogen-bond acceptors (Lipinski definition) is 10. The van der Waals surface area contributed by atoms with Gasteiger partial charge in [-0.25, -0.2) is 29.7 Å². The molecular weight excluding hydrogens is 997 g/mol. The van der Waals surface area contributed by atoms with Crippen molar-refractivity contribution in [2.45, 2.75) is 130 Å². The van der Waals surface area contributed by atoms with Crippen molar-refractivity contribution in [3.63, 3.8) is 0 Å². The van der Waals surface area contributed by atoms with Crippen molar-refractivity contribution in [2.75, 3.05) is 23.0 Å². The Labute approximate surface area is 471 Å². The van der Waals surface area contributed by atoms with Crippen molar-refractivity contribution in [3.05, 3.63) is 213 Å². The van der Waals surface area contributed by atoms with E-state index >= 15 is 0 Å². The number of pyridine rings is 4. The molecule has 4 heterocycles. The van der Waals surface area contributed by atoms with Gasteiger partial charge in [0.1, 0.15) is 46.3 Å². The fraction of sp³-hybridized carbons (Fsp3) is 0.324. The first-order valence-electron chi connectivity index (χ1n) is 27.4. The molecule has 2 N–H and O–H groups in total. The van der Waals surface area contributed by atoms with Gasteiger partial charge in [0.15, 0.2) is 13.2 Å². The first-order valence-corrected chi connectivity index (χ1v) is 27.4. The second-order valence-corrected chi connectivity index (χ2v) is 25.0. The van der Waals surface area contributed by atoms with Gasteiger partial charge < -0.3 is 19.7 Å².